The molecule has 0 bridgehead atoms. The number of furan rings is 1. The molecule has 0 atom stereocenters. The van der Waals surface area contributed by atoms with Crippen LogP contribution in [0.3, 0.4) is 0 Å². The van der Waals surface area contributed by atoms with Crippen LogP contribution in [0.5, 0.6) is 0 Å². The molecule has 0 radical (unpaired) electrons. The summed E-state index contributed by atoms with van der Waals surface area (Å²) in [7, 11) is 0. The maximum absolute atomic E-state index is 12.3. The molecule has 0 saturated carbocycles. The van der Waals surface area contributed by atoms with Crippen LogP contribution in [0.2, 0.25) is 0 Å². The van der Waals surface area contributed by atoms with Crippen LogP contribution in [0.25, 0.3) is 17.4 Å². The van der Waals surface area contributed by atoms with Crippen molar-refractivity contribution in [3.8, 4) is 17.4 Å². The minimum atomic E-state index is -0.483. The second-order valence-electron chi connectivity index (χ2n) is 5.27. The van der Waals surface area contributed by atoms with Crippen LogP contribution < -0.4 is 0 Å². The third-order valence-corrected chi connectivity index (χ3v) is 4.40. The molecule has 1 aromatic carbocycles. The fourth-order valence-corrected chi connectivity index (χ4v) is 2.92. The summed E-state index contributed by atoms with van der Waals surface area (Å²) in [5.74, 6) is 0.458. The van der Waals surface area contributed by atoms with Crippen molar-refractivity contribution in [3.63, 3.8) is 0 Å². The minimum Gasteiger partial charge on any atom is -0.457 e. The Bertz CT molecular complexity index is 907. The number of halogens is 1. The molecule has 0 unspecified atom stereocenters. The molecular formula is C18H16BrN3O4. The number of hydrogen-bond acceptors (Lipinski definition) is 5. The zero-order valence-corrected chi connectivity index (χ0v) is 15.8. The van der Waals surface area contributed by atoms with Crippen LogP contribution in [0.15, 0.2) is 44.8 Å². The first kappa shape index (κ1) is 19.4. The van der Waals surface area contributed by atoms with Gasteiger partial charge < -0.3 is 9.32 Å². The average molecular weight is 418 g/mol. The maximum Gasteiger partial charge on any atom is 0.270 e. The number of benzene rings is 1. The van der Waals surface area contributed by atoms with E-state index >= 15 is 0 Å². The number of carbonyl (C=O) groups excluding carboxylic acids is 1. The standard InChI is InChI=1S/C18H16BrN3O4/c1-3-21(4-2)18(23)12(11-20)9-14-6-8-17(26-14)15-7-5-13(22(24)25)10-16(15)19/h5-10H,3-4H2,1-2H3/b12-9+. The molecule has 0 fully saturated rings. The first-order valence-electron chi connectivity index (χ1n) is 7.86. The SMILES string of the molecule is CCN(CC)C(=O)/C(C#N)=C/c1ccc(-c2ccc([N+](=O)[O-])cc2Br)o1. The molecule has 2 rings (SSSR count). The zero-order chi connectivity index (χ0) is 19.3. The van der Waals surface area contributed by atoms with Gasteiger partial charge in [0.2, 0.25) is 0 Å². The molecule has 134 valence electrons. The van der Waals surface area contributed by atoms with E-state index in [1.807, 2.05) is 19.9 Å². The van der Waals surface area contributed by atoms with Gasteiger partial charge in [-0.15, -0.1) is 0 Å². The summed E-state index contributed by atoms with van der Waals surface area (Å²) in [6, 6.07) is 9.55. The number of non-ortho nitro benzene ring substituents is 1. The van der Waals surface area contributed by atoms with Crippen molar-refractivity contribution in [2.75, 3.05) is 13.1 Å². The summed E-state index contributed by atoms with van der Waals surface area (Å²) in [5, 5.41) is 20.1. The van der Waals surface area contributed by atoms with Gasteiger partial charge in [0, 0.05) is 41.3 Å². The largest absolute Gasteiger partial charge is 0.457 e. The molecule has 0 aliphatic rings. The Morgan fingerprint density at radius 3 is 2.58 bits per heavy atom. The summed E-state index contributed by atoms with van der Waals surface area (Å²) in [6.45, 7) is 4.70. The van der Waals surface area contributed by atoms with E-state index in [2.05, 4.69) is 15.9 Å². The zero-order valence-electron chi connectivity index (χ0n) is 14.2. The van der Waals surface area contributed by atoms with Gasteiger partial charge in [0.1, 0.15) is 23.2 Å². The summed E-state index contributed by atoms with van der Waals surface area (Å²) in [4.78, 5) is 24.2. The highest BCUT2D eigenvalue weighted by Crippen LogP contribution is 2.33. The molecule has 8 heteroatoms. The van der Waals surface area contributed by atoms with Crippen molar-refractivity contribution in [3.05, 3.63) is 56.3 Å². The van der Waals surface area contributed by atoms with Crippen molar-refractivity contribution in [2.24, 2.45) is 0 Å². The first-order chi connectivity index (χ1) is 12.4. The highest BCUT2D eigenvalue weighted by molar-refractivity contribution is 9.10. The predicted octanol–water partition coefficient (Wildman–Crippen LogP) is 4.39. The van der Waals surface area contributed by atoms with Gasteiger partial charge in [-0.2, -0.15) is 5.26 Å². The molecule has 0 N–H and O–H groups in total. The van der Waals surface area contributed by atoms with Crippen molar-refractivity contribution in [1.82, 2.24) is 4.90 Å². The second-order valence-corrected chi connectivity index (χ2v) is 6.12. The van der Waals surface area contributed by atoms with E-state index in [-0.39, 0.29) is 17.2 Å². The molecule has 0 aliphatic carbocycles. The smallest absolute Gasteiger partial charge is 0.270 e. The molecule has 1 amide bonds. The quantitative estimate of drug-likeness (QED) is 0.300. The number of amides is 1. The van der Waals surface area contributed by atoms with Crippen LogP contribution in [0.4, 0.5) is 5.69 Å². The van der Waals surface area contributed by atoms with E-state index in [4.69, 9.17) is 4.42 Å². The number of rotatable bonds is 6. The lowest BCUT2D eigenvalue weighted by molar-refractivity contribution is -0.384. The van der Waals surface area contributed by atoms with Gasteiger partial charge in [-0.25, -0.2) is 0 Å². The molecule has 0 spiro atoms. The van der Waals surface area contributed by atoms with E-state index in [1.165, 1.54) is 18.2 Å². The van der Waals surface area contributed by atoms with Crippen molar-refractivity contribution >= 4 is 33.6 Å². The third kappa shape index (κ3) is 4.18. The van der Waals surface area contributed by atoms with E-state index in [0.717, 1.165) is 0 Å². The third-order valence-electron chi connectivity index (χ3n) is 3.74. The van der Waals surface area contributed by atoms with Crippen molar-refractivity contribution in [1.29, 1.82) is 5.26 Å². The molecule has 0 saturated heterocycles. The Kier molecular flexibility index (Phi) is 6.31. The molecule has 2 aromatic rings. The number of hydrogen-bond donors (Lipinski definition) is 0. The number of carbonyl (C=O) groups is 1. The fourth-order valence-electron chi connectivity index (χ4n) is 2.36. The summed E-state index contributed by atoms with van der Waals surface area (Å²) in [5.41, 5.74) is 0.574. The number of nitriles is 1. The van der Waals surface area contributed by atoms with Gasteiger partial charge in [-0.05, 0) is 48.0 Å². The molecule has 7 nitrogen and oxygen atoms in total. The Labute approximate surface area is 158 Å². The van der Waals surface area contributed by atoms with Crippen LogP contribution in [0, 0.1) is 21.4 Å². The lowest BCUT2D eigenvalue weighted by Crippen LogP contribution is -2.31. The minimum absolute atomic E-state index is 0.0163. The monoisotopic (exact) mass is 417 g/mol. The van der Waals surface area contributed by atoms with E-state index in [9.17, 15) is 20.2 Å². The Balaban J connectivity index is 2.33. The van der Waals surface area contributed by atoms with Crippen molar-refractivity contribution in [2.45, 2.75) is 13.8 Å². The Morgan fingerprint density at radius 2 is 2.04 bits per heavy atom. The molecule has 1 heterocycles. The van der Waals surface area contributed by atoms with Gasteiger partial charge >= 0.3 is 0 Å². The molecule has 0 aliphatic heterocycles. The van der Waals surface area contributed by atoms with E-state index in [1.54, 1.807) is 23.1 Å². The topological polar surface area (TPSA) is 100 Å². The number of nitro groups is 1. The second kappa shape index (κ2) is 8.45. The number of nitrogens with zero attached hydrogens (tertiary/aromatic N) is 3. The van der Waals surface area contributed by atoms with Gasteiger partial charge in [0.25, 0.3) is 11.6 Å². The summed E-state index contributed by atoms with van der Waals surface area (Å²) >= 11 is 3.29. The predicted molar refractivity (Wildman–Crippen MR) is 100 cm³/mol. The lowest BCUT2D eigenvalue weighted by atomic mass is 10.1. The van der Waals surface area contributed by atoms with Crippen LogP contribution in [-0.2, 0) is 4.79 Å². The first-order valence-corrected chi connectivity index (χ1v) is 8.65. The van der Waals surface area contributed by atoms with Gasteiger partial charge in [-0.3, -0.25) is 14.9 Å². The highest BCUT2D eigenvalue weighted by Gasteiger charge is 2.17. The molecule has 26 heavy (non-hydrogen) atoms. The van der Waals surface area contributed by atoms with Gasteiger partial charge in [-0.1, -0.05) is 0 Å². The molecule has 1 aromatic heterocycles. The lowest BCUT2D eigenvalue weighted by Gasteiger charge is -2.17. The summed E-state index contributed by atoms with van der Waals surface area (Å²) in [6.07, 6.45) is 1.39. The van der Waals surface area contributed by atoms with E-state index < -0.39 is 4.92 Å². The van der Waals surface area contributed by atoms with Gasteiger partial charge in [0.05, 0.1) is 4.92 Å². The normalized spacial score (nSPS) is 11.1. The van der Waals surface area contributed by atoms with Crippen molar-refractivity contribution < 1.29 is 14.1 Å². The van der Waals surface area contributed by atoms with Crippen LogP contribution in [0.1, 0.15) is 19.6 Å². The van der Waals surface area contributed by atoms with Crippen LogP contribution >= 0.6 is 15.9 Å². The maximum atomic E-state index is 12.3. The van der Waals surface area contributed by atoms with E-state index in [0.29, 0.717) is 34.6 Å². The Morgan fingerprint density at radius 1 is 1.35 bits per heavy atom. The summed E-state index contributed by atoms with van der Waals surface area (Å²) < 4.78 is 6.19. The average Bonchev–Trinajstić information content (AvgIpc) is 3.08. The molecular weight excluding hydrogens is 402 g/mol. The number of likely N-dealkylation sites (N-methyl/N-ethyl adjacent to an activating group) is 1. The highest BCUT2D eigenvalue weighted by atomic mass is 79.9. The number of nitro benzene ring substituents is 1. The Hall–Kier alpha value is -2.92. The fraction of sp³-hybridized carbons (Fsp3) is 0.222. The van der Waals surface area contributed by atoms with Crippen LogP contribution in [-0.4, -0.2) is 28.8 Å². The van der Waals surface area contributed by atoms with Gasteiger partial charge in [0.15, 0.2) is 0 Å².